The van der Waals surface area contributed by atoms with Gasteiger partial charge in [-0.3, -0.25) is 4.98 Å². The lowest BCUT2D eigenvalue weighted by Gasteiger charge is -2.57. The zero-order chi connectivity index (χ0) is 29.4. The highest BCUT2D eigenvalue weighted by Gasteiger charge is 2.74. The third-order valence-electron chi connectivity index (χ3n) is 13.9. The molecule has 1 aromatic heterocycles. The van der Waals surface area contributed by atoms with Gasteiger partial charge in [0, 0.05) is 24.7 Å². The van der Waals surface area contributed by atoms with Gasteiger partial charge in [0.25, 0.3) is 12.1 Å². The van der Waals surface area contributed by atoms with E-state index in [9.17, 15) is 5.26 Å². The standard InChI is InChI=1S/C38H58N3/c1-8-9-17-36(5)18-14-32-30(22-36)11-13-35-33(32)15-19-37(6)34(16-20-38(35,37)40-7)31(27(4)26(2)3)12-10-28-21-29(23-39)25-41-24-28/h7,21,24-27,30-35H,8-20,22H2,1-6H3/q+1/t27?,30-,31-,32+,33-,34-,35-,36+,37-,38-/m1/s1. The molecule has 3 nitrogen and oxygen atoms in total. The van der Waals surface area contributed by atoms with Crippen molar-refractivity contribution in [2.75, 3.05) is 0 Å². The Morgan fingerprint density at radius 1 is 1.05 bits per heavy atom. The average Bonchev–Trinajstić information content (AvgIpc) is 3.29. The Bertz CT molecular complexity index is 1140. The summed E-state index contributed by atoms with van der Waals surface area (Å²) in [4.78, 5) is 9.40. The highest BCUT2D eigenvalue weighted by Crippen LogP contribution is 2.70. The van der Waals surface area contributed by atoms with Crippen LogP contribution in [0.3, 0.4) is 0 Å². The second-order valence-corrected chi connectivity index (χ2v) is 16.1. The third kappa shape index (κ3) is 5.39. The van der Waals surface area contributed by atoms with Gasteiger partial charge in [0.15, 0.2) is 0 Å². The third-order valence-corrected chi connectivity index (χ3v) is 13.9. The molecule has 1 heterocycles. The Morgan fingerprint density at radius 3 is 2.54 bits per heavy atom. The van der Waals surface area contributed by atoms with Crippen LogP contribution >= 0.6 is 0 Å². The summed E-state index contributed by atoms with van der Waals surface area (Å²) in [5.74, 6) is 5.90. The summed E-state index contributed by atoms with van der Waals surface area (Å²) in [6, 6.07) is 4.32. The molecule has 4 aliphatic rings. The van der Waals surface area contributed by atoms with E-state index in [4.69, 9.17) is 11.4 Å². The molecule has 41 heavy (non-hydrogen) atoms. The largest absolute Gasteiger partial charge is 0.289 e. The summed E-state index contributed by atoms with van der Waals surface area (Å²) < 4.78 is 0. The number of hydrogen-bond donors (Lipinski definition) is 0. The van der Waals surface area contributed by atoms with E-state index in [0.717, 1.165) is 30.6 Å². The molecule has 0 radical (unpaired) electrons. The summed E-state index contributed by atoms with van der Waals surface area (Å²) in [6.45, 7) is 21.5. The van der Waals surface area contributed by atoms with E-state index in [1.165, 1.54) is 82.6 Å². The minimum atomic E-state index is -0.0499. The summed E-state index contributed by atoms with van der Waals surface area (Å²) in [5.41, 5.74) is 2.58. The average molecular weight is 557 g/mol. The molecule has 1 aromatic rings. The highest BCUT2D eigenvalue weighted by molar-refractivity contribution is 5.29. The van der Waals surface area contributed by atoms with Gasteiger partial charge in [-0.1, -0.05) is 59.2 Å². The first-order chi connectivity index (χ1) is 19.6. The van der Waals surface area contributed by atoms with Crippen molar-refractivity contribution in [3.8, 4) is 12.6 Å². The molecule has 4 aliphatic carbocycles. The maximum Gasteiger partial charge on any atom is 0.289 e. The quantitative estimate of drug-likeness (QED) is 0.303. The molecule has 0 bridgehead atoms. The van der Waals surface area contributed by atoms with Crippen LogP contribution in [0.5, 0.6) is 0 Å². The van der Waals surface area contributed by atoms with Crippen LogP contribution in [0.25, 0.3) is 4.85 Å². The molecule has 0 saturated heterocycles. The normalized spacial score (nSPS) is 39.6. The minimum absolute atomic E-state index is 0.0499. The van der Waals surface area contributed by atoms with Gasteiger partial charge in [0.2, 0.25) is 0 Å². The van der Waals surface area contributed by atoms with Gasteiger partial charge in [0.05, 0.1) is 11.0 Å². The molecular weight excluding hydrogens is 498 g/mol. The number of aryl methyl sites for hydroxylation is 1. The fourth-order valence-corrected chi connectivity index (χ4v) is 11.4. The Labute approximate surface area is 252 Å². The number of fused-ring (bicyclic) bond motifs is 5. The van der Waals surface area contributed by atoms with Crippen molar-refractivity contribution < 1.29 is 0 Å². The van der Waals surface area contributed by atoms with Gasteiger partial charge < -0.3 is 0 Å². The highest BCUT2D eigenvalue weighted by atomic mass is 14.9. The molecule has 4 saturated carbocycles. The first-order valence-electron chi connectivity index (χ1n) is 17.4. The van der Waals surface area contributed by atoms with Gasteiger partial charge in [-0.25, -0.2) is 0 Å². The van der Waals surface area contributed by atoms with Crippen molar-refractivity contribution >= 4 is 0 Å². The maximum atomic E-state index is 9.41. The number of nitriles is 1. The number of unbranched alkanes of at least 4 members (excludes halogenated alkanes) is 1. The van der Waals surface area contributed by atoms with Crippen molar-refractivity contribution in [2.24, 2.45) is 58.2 Å². The molecule has 0 aliphatic heterocycles. The van der Waals surface area contributed by atoms with Crippen LogP contribution < -0.4 is 0 Å². The van der Waals surface area contributed by atoms with Crippen molar-refractivity contribution in [3.63, 3.8) is 0 Å². The Kier molecular flexibility index (Phi) is 8.97. The zero-order valence-corrected chi connectivity index (χ0v) is 27.2. The molecule has 0 amide bonds. The van der Waals surface area contributed by atoms with E-state index in [-0.39, 0.29) is 11.0 Å². The number of nitrogens with zero attached hydrogens (tertiary/aromatic N) is 3. The molecule has 0 N–H and O–H groups in total. The van der Waals surface area contributed by atoms with E-state index in [1.807, 2.05) is 12.3 Å². The lowest BCUT2D eigenvalue weighted by molar-refractivity contribution is -0.0882. The molecule has 4 fully saturated rings. The molecule has 3 heteroatoms. The number of hydrogen-bond acceptors (Lipinski definition) is 2. The van der Waals surface area contributed by atoms with Crippen LogP contribution in [0.4, 0.5) is 0 Å². The van der Waals surface area contributed by atoms with Crippen molar-refractivity contribution in [1.82, 2.24) is 4.98 Å². The predicted octanol–water partition coefficient (Wildman–Crippen LogP) is 10.3. The molecule has 224 valence electrons. The number of rotatable bonds is 9. The summed E-state index contributed by atoms with van der Waals surface area (Å²) in [5, 5.41) is 9.41. The molecule has 1 unspecified atom stereocenters. The molecule has 10 atom stereocenters. The molecular formula is C38H58N3+. The van der Waals surface area contributed by atoms with E-state index in [1.54, 1.807) is 6.20 Å². The van der Waals surface area contributed by atoms with E-state index < -0.39 is 0 Å². The van der Waals surface area contributed by atoms with Crippen LogP contribution in [0, 0.1) is 76.1 Å². The summed E-state index contributed by atoms with van der Waals surface area (Å²) in [6.07, 6.45) is 22.2. The topological polar surface area (TPSA) is 41.0 Å². The van der Waals surface area contributed by atoms with Gasteiger partial charge in [0.1, 0.15) is 6.07 Å². The monoisotopic (exact) mass is 556 g/mol. The predicted molar refractivity (Wildman–Crippen MR) is 171 cm³/mol. The Morgan fingerprint density at radius 2 is 1.83 bits per heavy atom. The van der Waals surface area contributed by atoms with Gasteiger partial charge >= 0.3 is 0 Å². The van der Waals surface area contributed by atoms with Gasteiger partial charge in [-0.2, -0.15) is 5.26 Å². The SMILES string of the molecule is C#[N+][C@@]12CC[C@H]([C@H](CCc3cncc(C#N)c3)C(C)C(C)C)[C@@]1(C)CC[C@@H]1[C@H]3CC[C@](C)(CCCC)C[C@H]3CC[C@H]12. The molecule has 0 aromatic carbocycles. The summed E-state index contributed by atoms with van der Waals surface area (Å²) >= 11 is 0. The second-order valence-electron chi connectivity index (χ2n) is 16.1. The van der Waals surface area contributed by atoms with Crippen LogP contribution in [0.1, 0.15) is 136 Å². The lowest BCUT2D eigenvalue weighted by atomic mass is 9.44. The Balaban J connectivity index is 1.38. The van der Waals surface area contributed by atoms with E-state index in [2.05, 4.69) is 52.6 Å². The van der Waals surface area contributed by atoms with Crippen molar-refractivity contribution in [1.29, 1.82) is 5.26 Å². The Hall–Kier alpha value is -1.87. The minimum Gasteiger partial charge on any atom is -0.263 e. The first kappa shape index (κ1) is 30.6. The number of pyridine rings is 1. The van der Waals surface area contributed by atoms with Crippen LogP contribution in [-0.2, 0) is 6.42 Å². The van der Waals surface area contributed by atoms with Crippen molar-refractivity contribution in [2.45, 2.75) is 137 Å². The maximum absolute atomic E-state index is 9.41. The van der Waals surface area contributed by atoms with Crippen molar-refractivity contribution in [3.05, 3.63) is 34.4 Å². The fourth-order valence-electron chi connectivity index (χ4n) is 11.4. The fraction of sp³-hybridized carbons (Fsp3) is 0.816. The second kappa shape index (κ2) is 12.0. The van der Waals surface area contributed by atoms with E-state index in [0.29, 0.717) is 40.6 Å². The summed E-state index contributed by atoms with van der Waals surface area (Å²) in [7, 11) is 0. The van der Waals surface area contributed by atoms with Gasteiger partial charge in [-0.05, 0) is 129 Å². The van der Waals surface area contributed by atoms with Crippen LogP contribution in [-0.4, -0.2) is 10.5 Å². The zero-order valence-electron chi connectivity index (χ0n) is 27.2. The van der Waals surface area contributed by atoms with Crippen LogP contribution in [0.15, 0.2) is 18.5 Å². The van der Waals surface area contributed by atoms with Crippen LogP contribution in [0.2, 0.25) is 0 Å². The molecule has 0 spiro atoms. The smallest absolute Gasteiger partial charge is 0.263 e. The molecule has 5 rings (SSSR count). The number of aromatic nitrogens is 1. The first-order valence-corrected chi connectivity index (χ1v) is 17.4. The van der Waals surface area contributed by atoms with Gasteiger partial charge in [-0.15, -0.1) is 0 Å². The lowest BCUT2D eigenvalue weighted by Crippen LogP contribution is -2.59. The van der Waals surface area contributed by atoms with E-state index >= 15 is 0 Å².